The Balaban J connectivity index is 1.91. The normalized spacial score (nSPS) is 18.3. The topological polar surface area (TPSA) is 76.8 Å². The molecule has 0 saturated carbocycles. The predicted molar refractivity (Wildman–Crippen MR) is 104 cm³/mol. The molecular weight excluding hydrogens is 352 g/mol. The summed E-state index contributed by atoms with van der Waals surface area (Å²) in [4.78, 5) is 13.9. The molecule has 0 spiro atoms. The van der Waals surface area contributed by atoms with Gasteiger partial charge in [-0.05, 0) is 54.4 Å². The maximum absolute atomic E-state index is 12.1. The van der Waals surface area contributed by atoms with Crippen molar-refractivity contribution in [3.05, 3.63) is 18.0 Å². The van der Waals surface area contributed by atoms with Gasteiger partial charge < -0.3 is 9.64 Å². The second-order valence-corrected chi connectivity index (χ2v) is 10.5. The molecule has 1 aliphatic rings. The number of rotatable bonds is 3. The van der Waals surface area contributed by atoms with Crippen molar-refractivity contribution < 1.29 is 13.7 Å². The van der Waals surface area contributed by atoms with E-state index in [-0.39, 0.29) is 16.9 Å². The number of carbonyl (C=O) groups is 1. The summed E-state index contributed by atoms with van der Waals surface area (Å²) in [6.07, 6.45) is 6.65. The lowest BCUT2D eigenvalue weighted by Gasteiger charge is -2.33. The Kier molecular flexibility index (Phi) is 6.26. The highest BCUT2D eigenvalue weighted by molar-refractivity contribution is 7.85. The fourth-order valence-corrected chi connectivity index (χ4v) is 3.06. The van der Waals surface area contributed by atoms with E-state index in [0.717, 1.165) is 18.4 Å². The van der Waals surface area contributed by atoms with Gasteiger partial charge in [0.15, 0.2) is 0 Å². The number of nitrogens with zero attached hydrogens (tertiary/aromatic N) is 4. The van der Waals surface area contributed by atoms with Crippen LogP contribution < -0.4 is 0 Å². The smallest absolute Gasteiger partial charge is 0.410 e. The SMILES string of the molecule is CC(C)(C)OC(=O)N1CCC(n2cc(C=NS(=O)C(C)(C)C)cn2)CC1. The Labute approximate surface area is 158 Å². The number of carbonyl (C=O) groups excluding carboxylic acids is 1. The third-order valence-electron chi connectivity index (χ3n) is 3.93. The third kappa shape index (κ3) is 5.93. The number of piperidine rings is 1. The monoisotopic (exact) mass is 382 g/mol. The molecule has 8 heteroatoms. The maximum Gasteiger partial charge on any atom is 0.410 e. The number of amides is 1. The van der Waals surface area contributed by atoms with Crippen LogP contribution in [0.3, 0.4) is 0 Å². The van der Waals surface area contributed by atoms with Gasteiger partial charge in [0.1, 0.15) is 16.6 Å². The second-order valence-electron chi connectivity index (χ2n) is 8.55. The van der Waals surface area contributed by atoms with Crippen LogP contribution in [0.2, 0.25) is 0 Å². The van der Waals surface area contributed by atoms with Crippen LogP contribution in [-0.2, 0) is 15.7 Å². The molecule has 1 aliphatic heterocycles. The van der Waals surface area contributed by atoms with Gasteiger partial charge in [-0.15, -0.1) is 0 Å². The summed E-state index contributed by atoms with van der Waals surface area (Å²) in [5.74, 6) is 0. The van der Waals surface area contributed by atoms with Gasteiger partial charge in [0.2, 0.25) is 0 Å². The Morgan fingerprint density at radius 1 is 1.27 bits per heavy atom. The van der Waals surface area contributed by atoms with Gasteiger partial charge in [-0.2, -0.15) is 9.50 Å². The second kappa shape index (κ2) is 7.90. The zero-order chi connectivity index (χ0) is 19.5. The molecule has 1 atom stereocenters. The van der Waals surface area contributed by atoms with Crippen molar-refractivity contribution in [1.29, 1.82) is 0 Å². The number of hydrogen-bond acceptors (Lipinski definition) is 4. The molecule has 7 nitrogen and oxygen atoms in total. The van der Waals surface area contributed by atoms with E-state index in [2.05, 4.69) is 9.50 Å². The van der Waals surface area contributed by atoms with Crippen LogP contribution in [0.25, 0.3) is 0 Å². The van der Waals surface area contributed by atoms with E-state index in [4.69, 9.17) is 4.74 Å². The van der Waals surface area contributed by atoms with Crippen molar-refractivity contribution in [3.8, 4) is 0 Å². The molecule has 1 fully saturated rings. The molecule has 1 saturated heterocycles. The molecule has 1 aromatic rings. The minimum absolute atomic E-state index is 0.240. The van der Waals surface area contributed by atoms with Crippen LogP contribution in [0.5, 0.6) is 0 Å². The summed E-state index contributed by atoms with van der Waals surface area (Å²) in [6, 6.07) is 0.240. The average Bonchev–Trinajstić information content (AvgIpc) is 2.99. The van der Waals surface area contributed by atoms with Crippen LogP contribution in [0.15, 0.2) is 16.8 Å². The van der Waals surface area contributed by atoms with Gasteiger partial charge in [-0.25, -0.2) is 9.00 Å². The average molecular weight is 383 g/mol. The van der Waals surface area contributed by atoms with Crippen LogP contribution in [0, 0.1) is 0 Å². The molecule has 0 bridgehead atoms. The van der Waals surface area contributed by atoms with Crippen molar-refractivity contribution in [2.45, 2.75) is 70.8 Å². The van der Waals surface area contributed by atoms with E-state index < -0.39 is 16.6 Å². The quantitative estimate of drug-likeness (QED) is 0.751. The summed E-state index contributed by atoms with van der Waals surface area (Å²) in [5, 5.41) is 4.40. The van der Waals surface area contributed by atoms with Crippen LogP contribution in [0.4, 0.5) is 4.79 Å². The Bertz CT molecular complexity index is 677. The van der Waals surface area contributed by atoms with Gasteiger partial charge in [-0.1, -0.05) is 0 Å². The number of likely N-dealkylation sites (tertiary alicyclic amines) is 1. The van der Waals surface area contributed by atoms with Gasteiger partial charge in [0, 0.05) is 31.1 Å². The fraction of sp³-hybridized carbons (Fsp3) is 0.722. The highest BCUT2D eigenvalue weighted by atomic mass is 32.2. The zero-order valence-electron chi connectivity index (χ0n) is 16.6. The lowest BCUT2D eigenvalue weighted by Crippen LogP contribution is -2.42. The van der Waals surface area contributed by atoms with Crippen molar-refractivity contribution in [3.63, 3.8) is 0 Å². The first-order valence-electron chi connectivity index (χ1n) is 8.94. The zero-order valence-corrected chi connectivity index (χ0v) is 17.4. The van der Waals surface area contributed by atoms with Gasteiger partial charge in [0.05, 0.1) is 17.0 Å². The van der Waals surface area contributed by atoms with Crippen LogP contribution in [0.1, 0.15) is 66.0 Å². The number of hydrogen-bond donors (Lipinski definition) is 0. The summed E-state index contributed by atoms with van der Waals surface area (Å²) in [7, 11) is -1.28. The highest BCUT2D eigenvalue weighted by Gasteiger charge is 2.27. The predicted octanol–water partition coefficient (Wildman–Crippen LogP) is 3.34. The third-order valence-corrected chi connectivity index (χ3v) is 5.28. The molecule has 1 aromatic heterocycles. The van der Waals surface area contributed by atoms with E-state index in [9.17, 15) is 9.00 Å². The largest absolute Gasteiger partial charge is 0.444 e. The first-order chi connectivity index (χ1) is 12.0. The van der Waals surface area contributed by atoms with Crippen molar-refractivity contribution >= 4 is 23.3 Å². The Morgan fingerprint density at radius 3 is 2.42 bits per heavy atom. The first kappa shape index (κ1) is 20.6. The summed E-state index contributed by atoms with van der Waals surface area (Å²) in [6.45, 7) is 12.6. The molecule has 0 N–H and O–H groups in total. The molecule has 0 aromatic carbocycles. The van der Waals surface area contributed by atoms with E-state index >= 15 is 0 Å². The van der Waals surface area contributed by atoms with E-state index in [0.29, 0.717) is 13.1 Å². The maximum atomic E-state index is 12.1. The Morgan fingerprint density at radius 2 is 1.88 bits per heavy atom. The lowest BCUT2D eigenvalue weighted by molar-refractivity contribution is 0.0185. The first-order valence-corrected chi connectivity index (χ1v) is 10.0. The van der Waals surface area contributed by atoms with Crippen molar-refractivity contribution in [2.75, 3.05) is 13.1 Å². The molecule has 146 valence electrons. The van der Waals surface area contributed by atoms with Crippen molar-refractivity contribution in [2.24, 2.45) is 4.40 Å². The molecule has 0 aliphatic carbocycles. The van der Waals surface area contributed by atoms with Gasteiger partial charge in [0.25, 0.3) is 0 Å². The Hall–Kier alpha value is -1.70. The summed E-state index contributed by atoms with van der Waals surface area (Å²) >= 11 is 0. The summed E-state index contributed by atoms with van der Waals surface area (Å²) in [5.41, 5.74) is 0.356. The molecule has 2 heterocycles. The summed E-state index contributed by atoms with van der Waals surface area (Å²) < 4.78 is 23.1. The number of aromatic nitrogens is 2. The molecule has 2 rings (SSSR count). The van der Waals surface area contributed by atoms with Crippen molar-refractivity contribution in [1.82, 2.24) is 14.7 Å². The molecule has 1 amide bonds. The van der Waals surface area contributed by atoms with Crippen LogP contribution in [-0.4, -0.2) is 54.6 Å². The highest BCUT2D eigenvalue weighted by Crippen LogP contribution is 2.23. The lowest BCUT2D eigenvalue weighted by atomic mass is 10.1. The molecule has 1 unspecified atom stereocenters. The molecule has 0 radical (unpaired) electrons. The fourth-order valence-electron chi connectivity index (χ4n) is 2.53. The minimum atomic E-state index is -1.28. The number of ether oxygens (including phenoxy) is 1. The van der Waals surface area contributed by atoms with E-state index in [1.807, 2.05) is 52.4 Å². The minimum Gasteiger partial charge on any atom is -0.444 e. The molecule has 26 heavy (non-hydrogen) atoms. The van der Waals surface area contributed by atoms with E-state index in [1.165, 1.54) is 0 Å². The molecular formula is C18H30N4O3S. The standard InChI is InChI=1S/C18H30N4O3S/c1-17(2,3)25-16(23)21-9-7-15(8-10-21)22-13-14(11-19-22)12-20-26(24)18(4,5)6/h11-13,15H,7-10H2,1-6H3. The van der Waals surface area contributed by atoms with E-state index in [1.54, 1.807) is 17.3 Å². The van der Waals surface area contributed by atoms with Gasteiger partial charge in [-0.3, -0.25) is 4.68 Å². The van der Waals surface area contributed by atoms with Gasteiger partial charge >= 0.3 is 6.09 Å². The van der Waals surface area contributed by atoms with Crippen LogP contribution >= 0.6 is 0 Å².